The van der Waals surface area contributed by atoms with Gasteiger partial charge in [-0.3, -0.25) is 0 Å². The fourth-order valence-electron chi connectivity index (χ4n) is 2.85. The normalized spacial score (nSPS) is 17.0. The fraction of sp³-hybridized carbons (Fsp3) is 0.294. The van der Waals surface area contributed by atoms with Crippen molar-refractivity contribution in [1.82, 2.24) is 5.32 Å². The molecule has 0 fully saturated rings. The maximum Gasteiger partial charge on any atom is 0.119 e. The third-order valence-electron chi connectivity index (χ3n) is 3.90. The summed E-state index contributed by atoms with van der Waals surface area (Å²) in [4.78, 5) is 0. The third kappa shape index (κ3) is 2.74. The highest BCUT2D eigenvalue weighted by atomic mass is 79.9. The smallest absolute Gasteiger partial charge is 0.119 e. The van der Waals surface area contributed by atoms with E-state index < -0.39 is 0 Å². The number of fused-ring (bicyclic) bond motifs is 1. The van der Waals surface area contributed by atoms with Gasteiger partial charge in [0.1, 0.15) is 5.75 Å². The minimum absolute atomic E-state index is 0.453. The Labute approximate surface area is 128 Å². The van der Waals surface area contributed by atoms with E-state index in [-0.39, 0.29) is 0 Å². The van der Waals surface area contributed by atoms with Gasteiger partial charge in [0.05, 0.1) is 7.11 Å². The maximum absolute atomic E-state index is 5.26. The van der Waals surface area contributed by atoms with Gasteiger partial charge in [-0.25, -0.2) is 0 Å². The number of hydrogen-bond donors (Lipinski definition) is 1. The molecule has 0 amide bonds. The van der Waals surface area contributed by atoms with Gasteiger partial charge in [0.25, 0.3) is 0 Å². The lowest BCUT2D eigenvalue weighted by Gasteiger charge is -2.14. The molecular formula is C17H18BrNO. The molecule has 1 atom stereocenters. The third-order valence-corrected chi connectivity index (χ3v) is 4.64. The van der Waals surface area contributed by atoms with Crippen molar-refractivity contribution in [3.05, 3.63) is 63.6 Å². The van der Waals surface area contributed by atoms with Gasteiger partial charge in [0.2, 0.25) is 0 Å². The monoisotopic (exact) mass is 331 g/mol. The van der Waals surface area contributed by atoms with Gasteiger partial charge >= 0.3 is 0 Å². The van der Waals surface area contributed by atoms with Crippen LogP contribution in [0.25, 0.3) is 0 Å². The second kappa shape index (κ2) is 5.98. The van der Waals surface area contributed by atoms with E-state index in [2.05, 4.69) is 51.6 Å². The van der Waals surface area contributed by atoms with Crippen LogP contribution < -0.4 is 10.1 Å². The first kappa shape index (κ1) is 13.7. The molecule has 1 aliphatic carbocycles. The molecule has 0 radical (unpaired) electrons. The molecule has 2 aromatic carbocycles. The number of halogens is 1. The van der Waals surface area contributed by atoms with Crippen molar-refractivity contribution < 1.29 is 4.74 Å². The molecule has 20 heavy (non-hydrogen) atoms. The van der Waals surface area contributed by atoms with E-state index in [4.69, 9.17) is 4.74 Å². The molecule has 0 spiro atoms. The average molecular weight is 332 g/mol. The van der Waals surface area contributed by atoms with Gasteiger partial charge in [-0.2, -0.15) is 0 Å². The van der Waals surface area contributed by atoms with Crippen molar-refractivity contribution in [3.63, 3.8) is 0 Å². The van der Waals surface area contributed by atoms with E-state index in [0.29, 0.717) is 6.04 Å². The Kier molecular flexibility index (Phi) is 4.08. The summed E-state index contributed by atoms with van der Waals surface area (Å²) in [5.41, 5.74) is 4.14. The highest BCUT2D eigenvalue weighted by Crippen LogP contribution is 2.35. The zero-order valence-electron chi connectivity index (χ0n) is 11.5. The minimum Gasteiger partial charge on any atom is -0.497 e. The molecule has 0 saturated heterocycles. The van der Waals surface area contributed by atoms with Crippen LogP contribution in [-0.4, -0.2) is 7.11 Å². The molecule has 104 valence electrons. The van der Waals surface area contributed by atoms with Crippen LogP contribution in [0.15, 0.2) is 46.9 Å². The van der Waals surface area contributed by atoms with Gasteiger partial charge < -0.3 is 10.1 Å². The van der Waals surface area contributed by atoms with Crippen molar-refractivity contribution in [2.24, 2.45) is 0 Å². The molecule has 1 unspecified atom stereocenters. The molecule has 1 aliphatic rings. The molecule has 3 rings (SSSR count). The molecule has 2 aromatic rings. The van der Waals surface area contributed by atoms with Crippen LogP contribution >= 0.6 is 15.9 Å². The molecule has 3 heteroatoms. The van der Waals surface area contributed by atoms with E-state index in [1.165, 1.54) is 27.6 Å². The molecule has 0 saturated carbocycles. The van der Waals surface area contributed by atoms with Crippen LogP contribution in [0, 0.1) is 0 Å². The number of benzene rings is 2. The Morgan fingerprint density at radius 2 is 2.10 bits per heavy atom. The van der Waals surface area contributed by atoms with Crippen molar-refractivity contribution >= 4 is 15.9 Å². The molecule has 0 aromatic heterocycles. The lowest BCUT2D eigenvalue weighted by atomic mass is 10.1. The predicted octanol–water partition coefficient (Wildman–Crippen LogP) is 4.23. The highest BCUT2D eigenvalue weighted by Gasteiger charge is 2.23. The lowest BCUT2D eigenvalue weighted by Crippen LogP contribution is -2.18. The lowest BCUT2D eigenvalue weighted by molar-refractivity contribution is 0.413. The summed E-state index contributed by atoms with van der Waals surface area (Å²) in [7, 11) is 1.71. The second-order valence-electron chi connectivity index (χ2n) is 5.13. The van der Waals surface area contributed by atoms with Crippen LogP contribution in [0.2, 0.25) is 0 Å². The largest absolute Gasteiger partial charge is 0.497 e. The summed E-state index contributed by atoms with van der Waals surface area (Å²) < 4.78 is 6.50. The fourth-order valence-corrected chi connectivity index (χ4v) is 3.43. The second-order valence-corrected chi connectivity index (χ2v) is 5.99. The molecule has 2 nitrogen and oxygen atoms in total. The number of methoxy groups -OCH3 is 1. The highest BCUT2D eigenvalue weighted by molar-refractivity contribution is 9.10. The molecule has 0 aliphatic heterocycles. The zero-order valence-corrected chi connectivity index (χ0v) is 13.1. The SMILES string of the molecule is COc1cccc(CNC2CCc3c(Br)cccc32)c1. The van der Waals surface area contributed by atoms with Gasteiger partial charge in [-0.1, -0.05) is 40.2 Å². The first-order valence-corrected chi connectivity index (χ1v) is 7.71. The summed E-state index contributed by atoms with van der Waals surface area (Å²) in [5.74, 6) is 0.916. The van der Waals surface area contributed by atoms with Gasteiger partial charge in [-0.05, 0) is 47.7 Å². The quantitative estimate of drug-likeness (QED) is 0.904. The molecular weight excluding hydrogens is 314 g/mol. The van der Waals surface area contributed by atoms with Crippen LogP contribution in [0.4, 0.5) is 0 Å². The van der Waals surface area contributed by atoms with E-state index in [0.717, 1.165) is 18.7 Å². The summed E-state index contributed by atoms with van der Waals surface area (Å²) in [6.07, 6.45) is 2.31. The van der Waals surface area contributed by atoms with Gasteiger partial charge in [0.15, 0.2) is 0 Å². The number of rotatable bonds is 4. The Balaban J connectivity index is 1.70. The van der Waals surface area contributed by atoms with Gasteiger partial charge in [-0.15, -0.1) is 0 Å². The van der Waals surface area contributed by atoms with Crippen molar-refractivity contribution in [3.8, 4) is 5.75 Å². The van der Waals surface area contributed by atoms with Crippen LogP contribution in [-0.2, 0) is 13.0 Å². The van der Waals surface area contributed by atoms with E-state index in [9.17, 15) is 0 Å². The Morgan fingerprint density at radius 1 is 1.25 bits per heavy atom. The molecule has 0 bridgehead atoms. The van der Waals surface area contributed by atoms with Crippen molar-refractivity contribution in [1.29, 1.82) is 0 Å². The summed E-state index contributed by atoms with van der Waals surface area (Å²) in [5, 5.41) is 3.66. The maximum atomic E-state index is 5.26. The van der Waals surface area contributed by atoms with Crippen LogP contribution in [0.1, 0.15) is 29.2 Å². The van der Waals surface area contributed by atoms with Crippen LogP contribution in [0.3, 0.4) is 0 Å². The molecule has 1 N–H and O–H groups in total. The summed E-state index contributed by atoms with van der Waals surface area (Å²) in [6, 6.07) is 15.2. The number of nitrogens with one attached hydrogen (secondary N) is 1. The van der Waals surface area contributed by atoms with Crippen molar-refractivity contribution in [2.75, 3.05) is 7.11 Å². The van der Waals surface area contributed by atoms with E-state index in [1.54, 1.807) is 7.11 Å². The summed E-state index contributed by atoms with van der Waals surface area (Å²) >= 11 is 3.65. The first-order valence-electron chi connectivity index (χ1n) is 6.91. The zero-order chi connectivity index (χ0) is 13.9. The number of ether oxygens (including phenoxy) is 1. The van der Waals surface area contributed by atoms with Gasteiger partial charge in [0, 0.05) is 17.1 Å². The van der Waals surface area contributed by atoms with E-state index in [1.807, 2.05) is 12.1 Å². The Bertz CT molecular complexity index is 612. The molecule has 0 heterocycles. The summed E-state index contributed by atoms with van der Waals surface area (Å²) in [6.45, 7) is 0.869. The average Bonchev–Trinajstić information content (AvgIpc) is 2.90. The Hall–Kier alpha value is -1.32. The van der Waals surface area contributed by atoms with Crippen LogP contribution in [0.5, 0.6) is 5.75 Å². The standard InChI is InChI=1S/C17H18BrNO/c1-20-13-5-2-4-12(10-13)11-19-17-9-8-14-15(17)6-3-7-16(14)18/h2-7,10,17,19H,8-9,11H2,1H3. The minimum atomic E-state index is 0.453. The first-order chi connectivity index (χ1) is 9.78. The van der Waals surface area contributed by atoms with E-state index >= 15 is 0 Å². The topological polar surface area (TPSA) is 21.3 Å². The number of hydrogen-bond acceptors (Lipinski definition) is 2. The van der Waals surface area contributed by atoms with Crippen molar-refractivity contribution in [2.45, 2.75) is 25.4 Å². The Morgan fingerprint density at radius 3 is 2.95 bits per heavy atom. The predicted molar refractivity (Wildman–Crippen MR) is 85.0 cm³/mol.